The SMILES string of the molecule is CC[C@@H]1[C@@H]2C(=O)C[C@@H]3CCC=C[C@@H]3[C@@H]2C[C@H]1C. The van der Waals surface area contributed by atoms with Crippen molar-refractivity contribution in [2.75, 3.05) is 0 Å². The smallest absolute Gasteiger partial charge is 0.136 e. The number of allylic oxidation sites excluding steroid dienone is 2. The van der Waals surface area contributed by atoms with Gasteiger partial charge in [0.05, 0.1) is 0 Å². The molecule has 0 saturated heterocycles. The van der Waals surface area contributed by atoms with Crippen LogP contribution in [0.3, 0.4) is 0 Å². The molecule has 0 aliphatic heterocycles. The zero-order valence-electron chi connectivity index (χ0n) is 11.1. The number of ketones is 1. The minimum absolute atomic E-state index is 0.402. The Balaban J connectivity index is 1.91. The van der Waals surface area contributed by atoms with Crippen LogP contribution in [0.2, 0.25) is 0 Å². The first kappa shape index (κ1) is 11.5. The largest absolute Gasteiger partial charge is 0.299 e. The Morgan fingerprint density at radius 2 is 2.24 bits per heavy atom. The Morgan fingerprint density at radius 1 is 1.41 bits per heavy atom. The molecule has 2 saturated carbocycles. The first-order chi connectivity index (χ1) is 8.22. The third-order valence-electron chi connectivity index (χ3n) is 5.71. The number of carbonyl (C=O) groups excluding carboxylic acids is 1. The average molecular weight is 232 g/mol. The predicted octanol–water partition coefficient (Wildman–Crippen LogP) is 3.84. The number of Topliss-reactive ketones (excluding diaryl/α,β-unsaturated/α-hetero) is 1. The van der Waals surface area contributed by atoms with E-state index in [1.54, 1.807) is 0 Å². The Labute approximate surface area is 105 Å². The van der Waals surface area contributed by atoms with Crippen LogP contribution in [0.1, 0.15) is 46.0 Å². The molecule has 0 spiro atoms. The summed E-state index contributed by atoms with van der Waals surface area (Å²) >= 11 is 0. The number of hydrogen-bond donors (Lipinski definition) is 0. The third-order valence-corrected chi connectivity index (χ3v) is 5.71. The minimum atomic E-state index is 0.402. The van der Waals surface area contributed by atoms with Gasteiger partial charge in [0.15, 0.2) is 0 Å². The van der Waals surface area contributed by atoms with Gasteiger partial charge in [-0.15, -0.1) is 0 Å². The molecule has 0 aromatic rings. The molecule has 1 nitrogen and oxygen atoms in total. The average Bonchev–Trinajstić information content (AvgIpc) is 2.66. The number of fused-ring (bicyclic) bond motifs is 3. The number of carbonyl (C=O) groups is 1. The van der Waals surface area contributed by atoms with Gasteiger partial charge in [0.2, 0.25) is 0 Å². The molecule has 3 aliphatic rings. The maximum atomic E-state index is 12.4. The summed E-state index contributed by atoms with van der Waals surface area (Å²) in [6.07, 6.45) is 10.6. The van der Waals surface area contributed by atoms with Gasteiger partial charge >= 0.3 is 0 Å². The van der Waals surface area contributed by atoms with Crippen LogP contribution in [0.25, 0.3) is 0 Å². The van der Waals surface area contributed by atoms with Crippen molar-refractivity contribution >= 4 is 5.78 Å². The maximum absolute atomic E-state index is 12.4. The zero-order valence-corrected chi connectivity index (χ0v) is 11.1. The lowest BCUT2D eigenvalue weighted by Gasteiger charge is -2.40. The summed E-state index contributed by atoms with van der Waals surface area (Å²) in [4.78, 5) is 12.4. The molecular formula is C16H24O. The molecule has 0 unspecified atom stereocenters. The number of rotatable bonds is 1. The van der Waals surface area contributed by atoms with Crippen molar-refractivity contribution in [3.63, 3.8) is 0 Å². The highest BCUT2D eigenvalue weighted by Crippen LogP contribution is 2.54. The van der Waals surface area contributed by atoms with Gasteiger partial charge in [-0.1, -0.05) is 32.4 Å². The van der Waals surface area contributed by atoms with E-state index in [9.17, 15) is 4.79 Å². The van der Waals surface area contributed by atoms with Gasteiger partial charge in [-0.25, -0.2) is 0 Å². The van der Waals surface area contributed by atoms with Crippen LogP contribution in [-0.2, 0) is 4.79 Å². The summed E-state index contributed by atoms with van der Waals surface area (Å²) in [6.45, 7) is 4.63. The molecule has 1 heteroatoms. The van der Waals surface area contributed by atoms with E-state index in [1.807, 2.05) is 0 Å². The predicted molar refractivity (Wildman–Crippen MR) is 69.5 cm³/mol. The van der Waals surface area contributed by atoms with Crippen LogP contribution >= 0.6 is 0 Å². The highest BCUT2D eigenvalue weighted by atomic mass is 16.1. The summed E-state index contributed by atoms with van der Waals surface area (Å²) in [5.41, 5.74) is 0. The summed E-state index contributed by atoms with van der Waals surface area (Å²) in [5.74, 6) is 4.51. The second-order valence-corrected chi connectivity index (χ2v) is 6.49. The first-order valence-corrected chi connectivity index (χ1v) is 7.41. The van der Waals surface area contributed by atoms with E-state index in [0.29, 0.717) is 29.5 Å². The third kappa shape index (κ3) is 1.70. The maximum Gasteiger partial charge on any atom is 0.136 e. The second kappa shape index (κ2) is 4.26. The molecule has 0 amide bonds. The Hall–Kier alpha value is -0.590. The fourth-order valence-electron chi connectivity index (χ4n) is 4.99. The van der Waals surface area contributed by atoms with Crippen molar-refractivity contribution < 1.29 is 4.79 Å². The van der Waals surface area contributed by atoms with E-state index in [1.165, 1.54) is 25.7 Å². The van der Waals surface area contributed by atoms with Crippen LogP contribution in [0.4, 0.5) is 0 Å². The van der Waals surface area contributed by atoms with Gasteiger partial charge < -0.3 is 0 Å². The van der Waals surface area contributed by atoms with Crippen LogP contribution in [0.15, 0.2) is 12.2 Å². The van der Waals surface area contributed by atoms with Gasteiger partial charge in [-0.3, -0.25) is 4.79 Å². The molecule has 0 heterocycles. The standard InChI is InChI=1S/C16H24O/c1-3-12-10(2)8-14-13-7-5-4-6-11(13)9-15(17)16(12)14/h5,7,10-14,16H,3-4,6,8-9H2,1-2H3/t10-,11+,12+,13+,14+,16+/m1/s1. The van der Waals surface area contributed by atoms with Crippen LogP contribution in [-0.4, -0.2) is 5.78 Å². The highest BCUT2D eigenvalue weighted by molar-refractivity contribution is 5.83. The molecule has 0 bridgehead atoms. The van der Waals surface area contributed by atoms with Gasteiger partial charge in [-0.2, -0.15) is 0 Å². The van der Waals surface area contributed by atoms with Crippen LogP contribution in [0.5, 0.6) is 0 Å². The van der Waals surface area contributed by atoms with Crippen LogP contribution < -0.4 is 0 Å². The molecule has 3 rings (SSSR count). The number of hydrogen-bond acceptors (Lipinski definition) is 1. The Bertz CT molecular complexity index is 343. The molecule has 17 heavy (non-hydrogen) atoms. The topological polar surface area (TPSA) is 17.1 Å². The molecule has 3 aliphatic carbocycles. The first-order valence-electron chi connectivity index (χ1n) is 7.41. The van der Waals surface area contributed by atoms with Gasteiger partial charge in [-0.05, 0) is 48.9 Å². The molecule has 2 fully saturated rings. The molecule has 0 N–H and O–H groups in total. The zero-order chi connectivity index (χ0) is 12.0. The van der Waals surface area contributed by atoms with E-state index in [-0.39, 0.29) is 0 Å². The van der Waals surface area contributed by atoms with Crippen molar-refractivity contribution in [2.45, 2.75) is 46.0 Å². The van der Waals surface area contributed by atoms with Crippen molar-refractivity contribution in [1.29, 1.82) is 0 Å². The highest BCUT2D eigenvalue weighted by Gasteiger charge is 2.51. The second-order valence-electron chi connectivity index (χ2n) is 6.49. The fraction of sp³-hybridized carbons (Fsp3) is 0.812. The molecular weight excluding hydrogens is 208 g/mol. The van der Waals surface area contributed by atoms with E-state index in [4.69, 9.17) is 0 Å². The lowest BCUT2D eigenvalue weighted by Crippen LogP contribution is -2.40. The Morgan fingerprint density at radius 3 is 3.00 bits per heavy atom. The lowest BCUT2D eigenvalue weighted by atomic mass is 9.63. The molecule has 0 aromatic heterocycles. The van der Waals surface area contributed by atoms with Gasteiger partial charge in [0, 0.05) is 12.3 Å². The Kier molecular flexibility index (Phi) is 2.88. The molecule has 0 radical (unpaired) electrons. The molecule has 94 valence electrons. The van der Waals surface area contributed by atoms with E-state index < -0.39 is 0 Å². The summed E-state index contributed by atoms with van der Waals surface area (Å²) in [7, 11) is 0. The summed E-state index contributed by atoms with van der Waals surface area (Å²) in [6, 6.07) is 0. The normalized spacial score (nSPS) is 48.9. The summed E-state index contributed by atoms with van der Waals surface area (Å²) < 4.78 is 0. The van der Waals surface area contributed by atoms with Gasteiger partial charge in [0.25, 0.3) is 0 Å². The fourth-order valence-corrected chi connectivity index (χ4v) is 4.99. The van der Waals surface area contributed by atoms with Gasteiger partial charge in [0.1, 0.15) is 5.78 Å². The van der Waals surface area contributed by atoms with E-state index >= 15 is 0 Å². The lowest BCUT2D eigenvalue weighted by molar-refractivity contribution is -0.131. The van der Waals surface area contributed by atoms with Crippen molar-refractivity contribution in [3.05, 3.63) is 12.2 Å². The molecule has 0 aromatic carbocycles. The monoisotopic (exact) mass is 232 g/mol. The molecule has 6 atom stereocenters. The van der Waals surface area contributed by atoms with Crippen molar-refractivity contribution in [3.8, 4) is 0 Å². The van der Waals surface area contributed by atoms with E-state index in [2.05, 4.69) is 26.0 Å². The van der Waals surface area contributed by atoms with Crippen molar-refractivity contribution in [1.82, 2.24) is 0 Å². The van der Waals surface area contributed by atoms with Crippen LogP contribution in [0, 0.1) is 35.5 Å². The quantitative estimate of drug-likeness (QED) is 0.628. The minimum Gasteiger partial charge on any atom is -0.299 e. The van der Waals surface area contributed by atoms with Crippen molar-refractivity contribution in [2.24, 2.45) is 35.5 Å². The summed E-state index contributed by atoms with van der Waals surface area (Å²) in [5, 5.41) is 0. The van der Waals surface area contributed by atoms with E-state index in [0.717, 1.165) is 18.3 Å².